The maximum atomic E-state index is 13.0. The minimum absolute atomic E-state index is 0.0170. The number of hydrogen-bond donors (Lipinski definition) is 0. The number of ketones is 1. The summed E-state index contributed by atoms with van der Waals surface area (Å²) in [4.78, 5) is 32.5. The molecule has 5 heterocycles. The van der Waals surface area contributed by atoms with E-state index >= 15 is 0 Å². The second-order valence-electron chi connectivity index (χ2n) is 7.73. The van der Waals surface area contributed by atoms with Gasteiger partial charge in [-0.25, -0.2) is 4.98 Å². The van der Waals surface area contributed by atoms with E-state index in [1.54, 1.807) is 30.9 Å². The van der Waals surface area contributed by atoms with Crippen molar-refractivity contribution in [3.63, 3.8) is 0 Å². The highest BCUT2D eigenvalue weighted by Crippen LogP contribution is 2.24. The Bertz CT molecular complexity index is 1280. The number of aromatic nitrogens is 4. The molecule has 7 heteroatoms. The fourth-order valence-corrected chi connectivity index (χ4v) is 3.72. The molecule has 0 radical (unpaired) electrons. The van der Waals surface area contributed by atoms with Gasteiger partial charge in [-0.1, -0.05) is 6.08 Å². The summed E-state index contributed by atoms with van der Waals surface area (Å²) in [7, 11) is 2.10. The molecule has 7 nitrogen and oxygen atoms in total. The number of likely N-dealkylation sites (N-methyl/N-ethyl adjacent to an activating group) is 1. The highest BCUT2D eigenvalue weighted by atomic mass is 16.3. The van der Waals surface area contributed by atoms with E-state index in [4.69, 9.17) is 4.42 Å². The van der Waals surface area contributed by atoms with E-state index in [9.17, 15) is 4.79 Å². The number of fused-ring (bicyclic) bond motifs is 1. The van der Waals surface area contributed by atoms with Crippen molar-refractivity contribution in [2.75, 3.05) is 20.1 Å². The van der Waals surface area contributed by atoms with E-state index in [1.807, 2.05) is 18.2 Å². The van der Waals surface area contributed by atoms with Crippen LogP contribution in [0.3, 0.4) is 0 Å². The second-order valence-corrected chi connectivity index (χ2v) is 7.73. The Labute approximate surface area is 179 Å². The van der Waals surface area contributed by atoms with Gasteiger partial charge in [-0.05, 0) is 43.3 Å². The van der Waals surface area contributed by atoms with Gasteiger partial charge in [-0.15, -0.1) is 0 Å². The smallest absolute Gasteiger partial charge is 0.181 e. The molecule has 1 aliphatic rings. The van der Waals surface area contributed by atoms with Crippen LogP contribution in [0.2, 0.25) is 0 Å². The molecule has 0 spiro atoms. The number of Topliss-reactive ketones (excluding diaryl/α,β-unsaturated/α-hetero) is 1. The van der Waals surface area contributed by atoms with E-state index < -0.39 is 0 Å². The molecule has 1 aliphatic heterocycles. The van der Waals surface area contributed by atoms with Crippen LogP contribution in [0.5, 0.6) is 0 Å². The third-order valence-corrected chi connectivity index (χ3v) is 5.51. The van der Waals surface area contributed by atoms with Gasteiger partial charge in [-0.3, -0.25) is 19.7 Å². The Balaban J connectivity index is 1.38. The number of carbonyl (C=O) groups is 1. The van der Waals surface area contributed by atoms with Gasteiger partial charge in [0.15, 0.2) is 17.9 Å². The lowest BCUT2D eigenvalue weighted by Gasteiger charge is -2.21. The lowest BCUT2D eigenvalue weighted by molar-refractivity contribution is 0.0992. The van der Waals surface area contributed by atoms with E-state index in [0.29, 0.717) is 17.0 Å². The Hall–Kier alpha value is -3.71. The average Bonchev–Trinajstić information content (AvgIpc) is 3.34. The molecule has 31 heavy (non-hydrogen) atoms. The molecule has 0 unspecified atom stereocenters. The Morgan fingerprint density at radius 1 is 1.13 bits per heavy atom. The van der Waals surface area contributed by atoms with Gasteiger partial charge in [0.25, 0.3) is 0 Å². The highest BCUT2D eigenvalue weighted by molar-refractivity contribution is 5.98. The Kier molecular flexibility index (Phi) is 5.09. The molecule has 0 saturated heterocycles. The van der Waals surface area contributed by atoms with Gasteiger partial charge in [0.1, 0.15) is 0 Å². The van der Waals surface area contributed by atoms with Crippen LogP contribution in [0.15, 0.2) is 65.9 Å². The fraction of sp³-hybridized carbons (Fsp3) is 0.208. The molecular formula is C24H21N5O2. The molecule has 0 amide bonds. The van der Waals surface area contributed by atoms with Crippen LogP contribution in [0.1, 0.15) is 28.2 Å². The first kappa shape index (κ1) is 19.3. The molecule has 5 rings (SSSR count). The average molecular weight is 411 g/mol. The fourth-order valence-electron chi connectivity index (χ4n) is 3.72. The van der Waals surface area contributed by atoms with Crippen LogP contribution < -0.4 is 0 Å². The third-order valence-electron chi connectivity index (χ3n) is 5.51. The number of carbonyl (C=O) groups excluding carboxylic acids is 1. The summed E-state index contributed by atoms with van der Waals surface area (Å²) in [6.07, 6.45) is 11.5. The molecule has 0 aliphatic carbocycles. The van der Waals surface area contributed by atoms with Crippen LogP contribution in [0, 0.1) is 0 Å². The Morgan fingerprint density at radius 3 is 2.87 bits per heavy atom. The van der Waals surface area contributed by atoms with Crippen molar-refractivity contribution < 1.29 is 9.21 Å². The van der Waals surface area contributed by atoms with Crippen molar-refractivity contribution in [1.82, 2.24) is 24.8 Å². The van der Waals surface area contributed by atoms with Crippen LogP contribution >= 0.6 is 0 Å². The quantitative estimate of drug-likeness (QED) is 0.462. The van der Waals surface area contributed by atoms with E-state index in [1.165, 1.54) is 12.0 Å². The Morgan fingerprint density at radius 2 is 2.06 bits per heavy atom. The zero-order valence-electron chi connectivity index (χ0n) is 17.2. The van der Waals surface area contributed by atoms with Gasteiger partial charge in [0.05, 0.1) is 30.0 Å². The van der Waals surface area contributed by atoms with Crippen LogP contribution in [-0.2, 0) is 6.42 Å². The second kappa shape index (κ2) is 8.20. The van der Waals surface area contributed by atoms with Crippen LogP contribution in [0.25, 0.3) is 27.8 Å². The zero-order chi connectivity index (χ0) is 21.2. The summed E-state index contributed by atoms with van der Waals surface area (Å²) in [5.74, 6) is 0.666. The predicted molar refractivity (Wildman–Crippen MR) is 117 cm³/mol. The highest BCUT2D eigenvalue weighted by Gasteiger charge is 2.14. The summed E-state index contributed by atoms with van der Waals surface area (Å²) in [5, 5.41) is 0.901. The molecular weight excluding hydrogens is 390 g/mol. The largest absolute Gasteiger partial charge is 0.443 e. The molecule has 0 saturated carbocycles. The summed E-state index contributed by atoms with van der Waals surface area (Å²) >= 11 is 0. The van der Waals surface area contributed by atoms with Gasteiger partial charge >= 0.3 is 0 Å². The van der Waals surface area contributed by atoms with E-state index in [-0.39, 0.29) is 12.2 Å². The van der Waals surface area contributed by atoms with Gasteiger partial charge in [-0.2, -0.15) is 0 Å². The van der Waals surface area contributed by atoms with E-state index in [2.05, 4.69) is 38.0 Å². The third kappa shape index (κ3) is 4.13. The minimum Gasteiger partial charge on any atom is -0.443 e. The molecule has 0 atom stereocenters. The number of hydrogen-bond acceptors (Lipinski definition) is 7. The molecule has 0 aromatic carbocycles. The standard InChI is InChI=1S/C24H21N5O2/c1-29-6-3-16(4-7-29)21-10-17(2-5-26-21)23(30)11-20-9-18-8-19(24-14-25-15-31-24)12-28-22(18)13-27-20/h2-3,5,8-10,12-15H,4,6-7,11H2,1H3. The predicted octanol–water partition coefficient (Wildman–Crippen LogP) is 3.82. The molecule has 154 valence electrons. The van der Waals surface area contributed by atoms with Crippen LogP contribution in [0.4, 0.5) is 0 Å². The first-order valence-electron chi connectivity index (χ1n) is 10.2. The minimum atomic E-state index is 0.0170. The molecule has 0 fully saturated rings. The van der Waals surface area contributed by atoms with Crippen LogP contribution in [-0.4, -0.2) is 50.8 Å². The summed E-state index contributed by atoms with van der Waals surface area (Å²) in [6.45, 7) is 1.90. The lowest BCUT2D eigenvalue weighted by atomic mass is 10.0. The van der Waals surface area contributed by atoms with Crippen molar-refractivity contribution in [1.29, 1.82) is 0 Å². The summed E-state index contributed by atoms with van der Waals surface area (Å²) in [6, 6.07) is 7.54. The zero-order valence-corrected chi connectivity index (χ0v) is 17.2. The molecule has 0 bridgehead atoms. The monoisotopic (exact) mass is 411 g/mol. The van der Waals surface area contributed by atoms with Crippen molar-refractivity contribution in [2.45, 2.75) is 12.8 Å². The molecule has 4 aromatic heterocycles. The molecule has 0 N–H and O–H groups in total. The van der Waals surface area contributed by atoms with Crippen molar-refractivity contribution >= 4 is 22.3 Å². The van der Waals surface area contributed by atoms with Gasteiger partial charge in [0.2, 0.25) is 0 Å². The first-order valence-corrected chi connectivity index (χ1v) is 10.2. The molecule has 4 aromatic rings. The number of nitrogens with zero attached hydrogens (tertiary/aromatic N) is 5. The first-order chi connectivity index (χ1) is 15.2. The normalized spacial score (nSPS) is 14.5. The van der Waals surface area contributed by atoms with Gasteiger partial charge in [0, 0.05) is 47.7 Å². The van der Waals surface area contributed by atoms with Crippen molar-refractivity contribution in [3.05, 3.63) is 78.5 Å². The van der Waals surface area contributed by atoms with Crippen molar-refractivity contribution in [3.8, 4) is 11.3 Å². The maximum Gasteiger partial charge on any atom is 0.181 e. The van der Waals surface area contributed by atoms with Gasteiger partial charge < -0.3 is 9.32 Å². The number of pyridine rings is 3. The SMILES string of the molecule is CN1CC=C(c2cc(C(=O)Cc3cc4cc(-c5cnco5)cnc4cn3)ccn2)CC1. The maximum absolute atomic E-state index is 13.0. The lowest BCUT2D eigenvalue weighted by Crippen LogP contribution is -2.23. The summed E-state index contributed by atoms with van der Waals surface area (Å²) < 4.78 is 5.35. The summed E-state index contributed by atoms with van der Waals surface area (Å²) in [5.41, 5.74) is 5.03. The van der Waals surface area contributed by atoms with E-state index in [0.717, 1.165) is 41.7 Å². The van der Waals surface area contributed by atoms with Crippen molar-refractivity contribution in [2.24, 2.45) is 0 Å². The number of rotatable bonds is 5. The number of oxazole rings is 1. The topological polar surface area (TPSA) is 85.0 Å².